The van der Waals surface area contributed by atoms with E-state index in [1.807, 2.05) is 48.5 Å². The molecule has 0 spiro atoms. The number of carbonyl (C=O) groups is 1. The van der Waals surface area contributed by atoms with Crippen LogP contribution in [0.5, 0.6) is 17.2 Å². The normalized spacial score (nSPS) is 15.2. The van der Waals surface area contributed by atoms with Gasteiger partial charge in [-0.15, -0.1) is 0 Å². The minimum Gasteiger partial charge on any atom is -0.493 e. The third-order valence-electron chi connectivity index (χ3n) is 5.29. The average molecular weight is 440 g/mol. The lowest BCUT2D eigenvalue weighted by Crippen LogP contribution is -2.49. The number of methoxy groups -OCH3 is 1. The predicted molar refractivity (Wildman–Crippen MR) is 126 cm³/mol. The Bertz CT molecular complexity index is 893. The van der Waals surface area contributed by atoms with E-state index < -0.39 is 0 Å². The highest BCUT2D eigenvalue weighted by molar-refractivity contribution is 5.80. The third-order valence-corrected chi connectivity index (χ3v) is 5.29. The molecule has 1 saturated heterocycles. The van der Waals surface area contributed by atoms with Gasteiger partial charge in [-0.05, 0) is 49.6 Å². The van der Waals surface area contributed by atoms with Crippen molar-refractivity contribution < 1.29 is 14.3 Å². The van der Waals surface area contributed by atoms with Gasteiger partial charge in [0.15, 0.2) is 17.5 Å². The number of aliphatic imine (C=N–C) groups is 1. The molecule has 2 aromatic rings. The molecule has 1 fully saturated rings. The largest absolute Gasteiger partial charge is 0.493 e. The van der Waals surface area contributed by atoms with E-state index >= 15 is 0 Å². The number of amides is 1. The molecule has 1 heterocycles. The first-order chi connectivity index (χ1) is 15.6. The summed E-state index contributed by atoms with van der Waals surface area (Å²) >= 11 is 0. The Morgan fingerprint density at radius 2 is 1.81 bits per heavy atom. The quantitative estimate of drug-likeness (QED) is 0.410. The molecule has 0 saturated carbocycles. The maximum absolute atomic E-state index is 11.1. The monoisotopic (exact) mass is 439 g/mol. The van der Waals surface area contributed by atoms with Crippen LogP contribution in [0.4, 0.5) is 0 Å². The van der Waals surface area contributed by atoms with Crippen LogP contribution in [-0.2, 0) is 11.3 Å². The molecule has 4 N–H and O–H groups in total. The summed E-state index contributed by atoms with van der Waals surface area (Å²) < 4.78 is 11.3. The minimum absolute atomic E-state index is 0.273. The number of nitrogens with two attached hydrogens (primary N) is 1. The van der Waals surface area contributed by atoms with Gasteiger partial charge in [0.05, 0.1) is 20.2 Å². The van der Waals surface area contributed by atoms with Crippen molar-refractivity contribution in [3.8, 4) is 17.2 Å². The van der Waals surface area contributed by atoms with E-state index in [2.05, 4.69) is 22.5 Å². The molecule has 0 aromatic heterocycles. The lowest BCUT2D eigenvalue weighted by molar-refractivity contribution is -0.119. The van der Waals surface area contributed by atoms with Gasteiger partial charge in [-0.25, -0.2) is 4.99 Å². The SMILES string of the molecule is CCNC(=NCc1ccc(Oc2ccccc2OC)cc1)NC1CCN(CC(N)=O)CC1. The van der Waals surface area contributed by atoms with Gasteiger partial charge >= 0.3 is 0 Å². The Kier molecular flexibility index (Phi) is 8.74. The first kappa shape index (κ1) is 23.4. The fourth-order valence-corrected chi connectivity index (χ4v) is 3.63. The number of likely N-dealkylation sites (tertiary alicyclic amines) is 1. The number of para-hydroxylation sites is 2. The number of guanidine groups is 1. The fourth-order valence-electron chi connectivity index (χ4n) is 3.63. The van der Waals surface area contributed by atoms with Crippen molar-refractivity contribution in [1.82, 2.24) is 15.5 Å². The van der Waals surface area contributed by atoms with E-state index in [4.69, 9.17) is 20.2 Å². The number of rotatable bonds is 9. The van der Waals surface area contributed by atoms with Crippen LogP contribution < -0.4 is 25.8 Å². The molecule has 0 bridgehead atoms. The van der Waals surface area contributed by atoms with Crippen LogP contribution in [0.3, 0.4) is 0 Å². The zero-order chi connectivity index (χ0) is 22.8. The smallest absolute Gasteiger partial charge is 0.231 e. The summed E-state index contributed by atoms with van der Waals surface area (Å²) in [7, 11) is 1.63. The zero-order valence-electron chi connectivity index (χ0n) is 18.8. The summed E-state index contributed by atoms with van der Waals surface area (Å²) in [5.74, 6) is 2.65. The Morgan fingerprint density at radius 1 is 1.12 bits per heavy atom. The Hall–Kier alpha value is -3.26. The summed E-state index contributed by atoms with van der Waals surface area (Å²) in [5, 5.41) is 6.83. The molecule has 3 rings (SSSR count). The maximum Gasteiger partial charge on any atom is 0.231 e. The summed E-state index contributed by atoms with van der Waals surface area (Å²) in [5.41, 5.74) is 6.38. The number of nitrogens with zero attached hydrogens (tertiary/aromatic N) is 2. The van der Waals surface area contributed by atoms with E-state index in [0.29, 0.717) is 30.6 Å². The highest BCUT2D eigenvalue weighted by Gasteiger charge is 2.20. The van der Waals surface area contributed by atoms with E-state index in [1.165, 1.54) is 0 Å². The zero-order valence-corrected chi connectivity index (χ0v) is 18.8. The molecule has 8 nitrogen and oxygen atoms in total. The predicted octanol–water partition coefficient (Wildman–Crippen LogP) is 2.49. The third kappa shape index (κ3) is 7.16. The van der Waals surface area contributed by atoms with Crippen molar-refractivity contribution in [3.63, 3.8) is 0 Å². The van der Waals surface area contributed by atoms with Gasteiger partial charge in [-0.1, -0.05) is 24.3 Å². The number of nitrogens with one attached hydrogen (secondary N) is 2. The number of primary amides is 1. The van der Waals surface area contributed by atoms with Gasteiger partial charge in [0.2, 0.25) is 5.91 Å². The number of piperidine rings is 1. The Balaban J connectivity index is 1.54. The van der Waals surface area contributed by atoms with Crippen LogP contribution in [0.15, 0.2) is 53.5 Å². The maximum atomic E-state index is 11.1. The molecule has 0 aliphatic carbocycles. The lowest BCUT2D eigenvalue weighted by Gasteiger charge is -2.32. The molecule has 32 heavy (non-hydrogen) atoms. The Morgan fingerprint density at radius 3 is 2.44 bits per heavy atom. The standard InChI is InChI=1S/C24H33N5O3/c1-3-26-24(28-19-12-14-29(15-13-19)17-23(25)30)27-16-18-8-10-20(11-9-18)32-22-7-5-4-6-21(22)31-2/h4-11,19H,3,12-17H2,1-2H3,(H2,25,30)(H2,26,27,28). The minimum atomic E-state index is -0.273. The van der Waals surface area contributed by atoms with Crippen molar-refractivity contribution in [2.45, 2.75) is 32.4 Å². The van der Waals surface area contributed by atoms with Crippen molar-refractivity contribution in [3.05, 3.63) is 54.1 Å². The second kappa shape index (κ2) is 12.0. The number of carbonyl (C=O) groups excluding carboxylic acids is 1. The number of ether oxygens (including phenoxy) is 2. The molecule has 2 aromatic carbocycles. The van der Waals surface area contributed by atoms with Crippen LogP contribution in [0, 0.1) is 0 Å². The van der Waals surface area contributed by atoms with Gasteiger partial charge in [0.25, 0.3) is 0 Å². The summed E-state index contributed by atoms with van der Waals surface area (Å²) in [6.07, 6.45) is 1.90. The van der Waals surface area contributed by atoms with Gasteiger partial charge in [-0.2, -0.15) is 0 Å². The van der Waals surface area contributed by atoms with Crippen LogP contribution >= 0.6 is 0 Å². The topological polar surface area (TPSA) is 101 Å². The second-order valence-electron chi connectivity index (χ2n) is 7.75. The van der Waals surface area contributed by atoms with E-state index in [9.17, 15) is 4.79 Å². The molecular weight excluding hydrogens is 406 g/mol. The number of hydrogen-bond acceptors (Lipinski definition) is 5. The van der Waals surface area contributed by atoms with Crippen LogP contribution in [0.2, 0.25) is 0 Å². The second-order valence-corrected chi connectivity index (χ2v) is 7.75. The van der Waals surface area contributed by atoms with Gasteiger partial charge in [0, 0.05) is 25.7 Å². The number of benzene rings is 2. The fraction of sp³-hybridized carbons (Fsp3) is 0.417. The molecule has 1 amide bonds. The molecular formula is C24H33N5O3. The molecule has 8 heteroatoms. The van der Waals surface area contributed by atoms with Crippen molar-refractivity contribution in [2.24, 2.45) is 10.7 Å². The van der Waals surface area contributed by atoms with Gasteiger partial charge in [-0.3, -0.25) is 9.69 Å². The van der Waals surface area contributed by atoms with Crippen molar-refractivity contribution in [1.29, 1.82) is 0 Å². The van der Waals surface area contributed by atoms with Crippen molar-refractivity contribution in [2.75, 3.05) is 33.3 Å². The molecule has 0 unspecified atom stereocenters. The van der Waals surface area contributed by atoms with Gasteiger partial charge < -0.3 is 25.8 Å². The first-order valence-electron chi connectivity index (χ1n) is 11.0. The summed E-state index contributed by atoms with van der Waals surface area (Å²) in [6, 6.07) is 15.8. The Labute approximate surface area is 189 Å². The van der Waals surface area contributed by atoms with E-state index in [0.717, 1.165) is 49.7 Å². The van der Waals surface area contributed by atoms with Crippen LogP contribution in [0.1, 0.15) is 25.3 Å². The summed E-state index contributed by atoms with van der Waals surface area (Å²) in [4.78, 5) is 17.9. The molecule has 172 valence electrons. The van der Waals surface area contributed by atoms with E-state index in [1.54, 1.807) is 7.11 Å². The first-order valence-corrected chi connectivity index (χ1v) is 11.0. The lowest BCUT2D eigenvalue weighted by atomic mass is 10.1. The molecule has 1 aliphatic heterocycles. The average Bonchev–Trinajstić information content (AvgIpc) is 2.80. The highest BCUT2D eigenvalue weighted by Crippen LogP contribution is 2.30. The highest BCUT2D eigenvalue weighted by atomic mass is 16.5. The molecule has 0 radical (unpaired) electrons. The number of hydrogen-bond donors (Lipinski definition) is 3. The van der Waals surface area contributed by atoms with Crippen LogP contribution in [-0.4, -0.2) is 56.1 Å². The molecule has 0 atom stereocenters. The molecule has 1 aliphatic rings. The summed E-state index contributed by atoms with van der Waals surface area (Å²) in [6.45, 7) is 5.44. The van der Waals surface area contributed by atoms with Crippen molar-refractivity contribution >= 4 is 11.9 Å². The van der Waals surface area contributed by atoms with E-state index in [-0.39, 0.29) is 5.91 Å². The van der Waals surface area contributed by atoms with Crippen LogP contribution in [0.25, 0.3) is 0 Å². The van der Waals surface area contributed by atoms with Gasteiger partial charge in [0.1, 0.15) is 5.75 Å².